The van der Waals surface area contributed by atoms with E-state index in [4.69, 9.17) is 8.94 Å². The summed E-state index contributed by atoms with van der Waals surface area (Å²) in [7, 11) is 0. The van der Waals surface area contributed by atoms with Gasteiger partial charge in [-0.2, -0.15) is 4.98 Å². The zero-order valence-corrected chi connectivity index (χ0v) is 16.5. The molecule has 138 valence electrons. The van der Waals surface area contributed by atoms with Crippen LogP contribution in [0.1, 0.15) is 42.4 Å². The molecule has 6 nitrogen and oxygen atoms in total. The lowest BCUT2D eigenvalue weighted by Gasteiger charge is -2.08. The van der Waals surface area contributed by atoms with Crippen molar-refractivity contribution in [3.05, 3.63) is 65.2 Å². The topological polar surface area (TPSA) is 77.8 Å². The molecule has 0 aliphatic carbocycles. The zero-order chi connectivity index (χ0) is 18.6. The predicted molar refractivity (Wildman–Crippen MR) is 105 cm³/mol. The predicted octanol–water partition coefficient (Wildman–Crippen LogP) is 5.38. The summed E-state index contributed by atoms with van der Waals surface area (Å²) >= 11 is 3.00. The minimum atomic E-state index is -0.0777. The Morgan fingerprint density at radius 3 is 2.70 bits per heavy atom. The summed E-state index contributed by atoms with van der Waals surface area (Å²) in [5, 5.41) is 14.8. The smallest absolute Gasteiger partial charge is 0.277 e. The van der Waals surface area contributed by atoms with Crippen LogP contribution in [-0.4, -0.2) is 20.3 Å². The van der Waals surface area contributed by atoms with E-state index in [-0.39, 0.29) is 5.25 Å². The molecule has 27 heavy (non-hydrogen) atoms. The van der Waals surface area contributed by atoms with Gasteiger partial charge in [-0.3, -0.25) is 0 Å². The van der Waals surface area contributed by atoms with Gasteiger partial charge >= 0.3 is 0 Å². The second-order valence-electron chi connectivity index (χ2n) is 6.17. The molecule has 4 rings (SSSR count). The van der Waals surface area contributed by atoms with E-state index in [1.54, 1.807) is 11.3 Å². The quantitative estimate of drug-likeness (QED) is 0.387. The summed E-state index contributed by atoms with van der Waals surface area (Å²) in [6.45, 7) is 4.13. The third-order valence-corrected chi connectivity index (χ3v) is 5.89. The lowest BCUT2D eigenvalue weighted by Crippen LogP contribution is -1.98. The Morgan fingerprint density at radius 1 is 1.07 bits per heavy atom. The summed E-state index contributed by atoms with van der Waals surface area (Å²) in [6.07, 6.45) is 0.703. The van der Waals surface area contributed by atoms with Gasteiger partial charge in [0.05, 0.1) is 10.1 Å². The van der Waals surface area contributed by atoms with Crippen LogP contribution in [0.25, 0.3) is 10.7 Å². The van der Waals surface area contributed by atoms with Gasteiger partial charge in [0, 0.05) is 6.42 Å². The van der Waals surface area contributed by atoms with Gasteiger partial charge in [-0.15, -0.1) is 21.5 Å². The number of rotatable bonds is 7. The summed E-state index contributed by atoms with van der Waals surface area (Å²) in [5.74, 6) is 2.09. The number of nitrogens with zero attached hydrogens (tertiary/aromatic N) is 4. The van der Waals surface area contributed by atoms with Crippen molar-refractivity contribution in [2.75, 3.05) is 0 Å². The van der Waals surface area contributed by atoms with Crippen LogP contribution in [0.3, 0.4) is 0 Å². The SMILES string of the molecule is CC(Cc1nnc(SC(C)c2nc(-c3cccs3)no2)o1)c1ccccc1. The molecule has 2 unspecified atom stereocenters. The van der Waals surface area contributed by atoms with Crippen LogP contribution in [0.5, 0.6) is 0 Å². The van der Waals surface area contributed by atoms with E-state index in [1.165, 1.54) is 17.3 Å². The fourth-order valence-electron chi connectivity index (χ4n) is 2.64. The molecule has 8 heteroatoms. The van der Waals surface area contributed by atoms with Gasteiger partial charge in [0.2, 0.25) is 17.6 Å². The first-order chi connectivity index (χ1) is 13.2. The number of benzene rings is 1. The fraction of sp³-hybridized carbons (Fsp3) is 0.263. The standard InChI is InChI=1S/C19H18N4O2S2/c1-12(14-7-4-3-5-8-14)11-16-21-22-19(24-16)27-13(2)18-20-17(23-25-18)15-9-6-10-26-15/h3-10,12-13H,11H2,1-2H3. The molecule has 0 N–H and O–H groups in total. The maximum absolute atomic E-state index is 5.80. The molecule has 3 heterocycles. The summed E-state index contributed by atoms with van der Waals surface area (Å²) < 4.78 is 11.2. The molecule has 0 aliphatic heterocycles. The van der Waals surface area contributed by atoms with Crippen molar-refractivity contribution in [3.63, 3.8) is 0 Å². The van der Waals surface area contributed by atoms with Crippen LogP contribution < -0.4 is 0 Å². The van der Waals surface area contributed by atoms with E-state index in [0.717, 1.165) is 4.88 Å². The van der Waals surface area contributed by atoms with Gasteiger partial charge in [0.1, 0.15) is 0 Å². The average molecular weight is 399 g/mol. The molecule has 0 amide bonds. The summed E-state index contributed by atoms with van der Waals surface area (Å²) in [4.78, 5) is 5.45. The average Bonchev–Trinajstić information content (AvgIpc) is 3.44. The highest BCUT2D eigenvalue weighted by Crippen LogP contribution is 2.34. The fourth-order valence-corrected chi connectivity index (χ4v) is 4.02. The van der Waals surface area contributed by atoms with Crippen molar-refractivity contribution in [1.29, 1.82) is 0 Å². The number of thioether (sulfide) groups is 1. The highest BCUT2D eigenvalue weighted by Gasteiger charge is 2.20. The van der Waals surface area contributed by atoms with Gasteiger partial charge in [0.25, 0.3) is 5.22 Å². The van der Waals surface area contributed by atoms with Gasteiger partial charge in [-0.25, -0.2) is 0 Å². The molecule has 3 aromatic heterocycles. The van der Waals surface area contributed by atoms with Gasteiger partial charge in [-0.05, 0) is 29.9 Å². The second kappa shape index (κ2) is 8.06. The van der Waals surface area contributed by atoms with Gasteiger partial charge in [0.15, 0.2) is 0 Å². The Bertz CT molecular complexity index is 982. The van der Waals surface area contributed by atoms with E-state index >= 15 is 0 Å². The Kier molecular flexibility index (Phi) is 5.35. The number of hydrogen-bond acceptors (Lipinski definition) is 8. The van der Waals surface area contributed by atoms with Crippen molar-refractivity contribution < 1.29 is 8.94 Å². The molecule has 0 spiro atoms. The van der Waals surface area contributed by atoms with E-state index in [9.17, 15) is 0 Å². The third-order valence-electron chi connectivity index (χ3n) is 4.11. The molecule has 0 saturated heterocycles. The largest absolute Gasteiger partial charge is 0.416 e. The minimum Gasteiger partial charge on any atom is -0.416 e. The van der Waals surface area contributed by atoms with Crippen molar-refractivity contribution in [2.45, 2.75) is 36.7 Å². The van der Waals surface area contributed by atoms with Crippen molar-refractivity contribution >= 4 is 23.1 Å². The molecule has 1 aromatic carbocycles. The number of hydrogen-bond donors (Lipinski definition) is 0. The lowest BCUT2D eigenvalue weighted by atomic mass is 9.98. The van der Waals surface area contributed by atoms with E-state index < -0.39 is 0 Å². The molecule has 2 atom stereocenters. The molecule has 0 bridgehead atoms. The van der Waals surface area contributed by atoms with Crippen molar-refractivity contribution in [3.8, 4) is 10.7 Å². The van der Waals surface area contributed by atoms with Gasteiger partial charge < -0.3 is 8.94 Å². The molecule has 4 aromatic rings. The van der Waals surface area contributed by atoms with E-state index in [1.807, 2.05) is 42.6 Å². The molecular weight excluding hydrogens is 380 g/mol. The monoisotopic (exact) mass is 398 g/mol. The van der Waals surface area contributed by atoms with Crippen molar-refractivity contribution in [1.82, 2.24) is 20.3 Å². The normalized spacial score (nSPS) is 13.6. The molecule has 0 fully saturated rings. The van der Waals surface area contributed by atoms with Crippen LogP contribution in [0.15, 0.2) is 62.0 Å². The maximum atomic E-state index is 5.80. The highest BCUT2D eigenvalue weighted by molar-refractivity contribution is 7.99. The molecule has 0 saturated carbocycles. The van der Waals surface area contributed by atoms with E-state index in [0.29, 0.717) is 35.2 Å². The Labute approximate surface area is 165 Å². The van der Waals surface area contributed by atoms with Crippen molar-refractivity contribution in [2.24, 2.45) is 0 Å². The first kappa shape index (κ1) is 17.9. The summed E-state index contributed by atoms with van der Waals surface area (Å²) in [5.41, 5.74) is 1.25. The maximum Gasteiger partial charge on any atom is 0.277 e. The third kappa shape index (κ3) is 4.28. The minimum absolute atomic E-state index is 0.0777. The molecule has 0 aliphatic rings. The van der Waals surface area contributed by atoms with Crippen LogP contribution in [0.4, 0.5) is 0 Å². The first-order valence-electron chi connectivity index (χ1n) is 8.60. The summed E-state index contributed by atoms with van der Waals surface area (Å²) in [6, 6.07) is 14.2. The molecule has 0 radical (unpaired) electrons. The zero-order valence-electron chi connectivity index (χ0n) is 14.9. The van der Waals surface area contributed by atoms with Crippen LogP contribution in [0, 0.1) is 0 Å². The lowest BCUT2D eigenvalue weighted by molar-refractivity contribution is 0.377. The first-order valence-corrected chi connectivity index (χ1v) is 10.4. The number of aromatic nitrogens is 4. The Morgan fingerprint density at radius 2 is 1.93 bits per heavy atom. The molecular formula is C19H18N4O2S2. The Balaban J connectivity index is 1.39. The Hall–Kier alpha value is -2.45. The number of thiophene rings is 1. The van der Waals surface area contributed by atoms with Crippen LogP contribution in [0.2, 0.25) is 0 Å². The van der Waals surface area contributed by atoms with Crippen LogP contribution >= 0.6 is 23.1 Å². The van der Waals surface area contributed by atoms with Crippen LogP contribution in [-0.2, 0) is 6.42 Å². The highest BCUT2D eigenvalue weighted by atomic mass is 32.2. The second-order valence-corrected chi connectivity index (χ2v) is 8.41. The van der Waals surface area contributed by atoms with E-state index in [2.05, 4.69) is 39.4 Å². The van der Waals surface area contributed by atoms with Gasteiger partial charge in [-0.1, -0.05) is 60.2 Å².